The molecule has 0 aliphatic carbocycles. The molecular weight excluding hydrogens is 395 g/mol. The lowest BCUT2D eigenvalue weighted by Crippen LogP contribution is -2.49. The number of carbonyl (C=O) groups excluding carboxylic acids is 1. The van der Waals surface area contributed by atoms with Gasteiger partial charge in [0.25, 0.3) is 0 Å². The molecule has 0 unspecified atom stereocenters. The van der Waals surface area contributed by atoms with Crippen LogP contribution in [0.4, 0.5) is 10.2 Å². The van der Waals surface area contributed by atoms with E-state index in [9.17, 15) is 9.18 Å². The Labute approximate surface area is 181 Å². The monoisotopic (exact) mass is 420 g/mol. The van der Waals surface area contributed by atoms with Gasteiger partial charge in [-0.05, 0) is 48.9 Å². The van der Waals surface area contributed by atoms with E-state index in [2.05, 4.69) is 14.9 Å². The second-order valence-corrected chi connectivity index (χ2v) is 7.39. The quantitative estimate of drug-likeness (QED) is 0.610. The van der Waals surface area contributed by atoms with Crippen LogP contribution >= 0.6 is 0 Å². The summed E-state index contributed by atoms with van der Waals surface area (Å²) in [4.78, 5) is 25.4. The molecular formula is C24H25FN4O2. The third-order valence-electron chi connectivity index (χ3n) is 5.34. The molecule has 0 radical (unpaired) electrons. The molecule has 1 amide bonds. The van der Waals surface area contributed by atoms with Gasteiger partial charge in [-0.3, -0.25) is 4.79 Å². The van der Waals surface area contributed by atoms with Crippen molar-refractivity contribution in [2.24, 2.45) is 0 Å². The molecule has 1 aliphatic heterocycles. The Hall–Kier alpha value is -3.48. The molecule has 160 valence electrons. The van der Waals surface area contributed by atoms with E-state index < -0.39 is 0 Å². The summed E-state index contributed by atoms with van der Waals surface area (Å²) in [5.41, 5.74) is 2.67. The summed E-state index contributed by atoms with van der Waals surface area (Å²) in [5.74, 6) is 1.45. The van der Waals surface area contributed by atoms with E-state index >= 15 is 0 Å². The van der Waals surface area contributed by atoms with E-state index in [-0.39, 0.29) is 18.1 Å². The molecule has 1 aliphatic rings. The average molecular weight is 420 g/mol. The second-order valence-electron chi connectivity index (χ2n) is 7.39. The van der Waals surface area contributed by atoms with Crippen molar-refractivity contribution in [1.29, 1.82) is 0 Å². The Kier molecular flexibility index (Phi) is 6.40. The average Bonchev–Trinajstić information content (AvgIpc) is 2.81. The first-order valence-electron chi connectivity index (χ1n) is 10.4. The molecule has 31 heavy (non-hydrogen) atoms. The molecule has 2 heterocycles. The molecule has 6 nitrogen and oxygen atoms in total. The van der Waals surface area contributed by atoms with E-state index in [0.29, 0.717) is 32.8 Å². The highest BCUT2D eigenvalue weighted by molar-refractivity contribution is 5.79. The Morgan fingerprint density at radius 3 is 2.39 bits per heavy atom. The van der Waals surface area contributed by atoms with Crippen LogP contribution in [-0.2, 0) is 11.2 Å². The summed E-state index contributed by atoms with van der Waals surface area (Å²) in [6, 6.07) is 15.9. The van der Waals surface area contributed by atoms with Gasteiger partial charge in [0, 0.05) is 37.8 Å². The first-order valence-corrected chi connectivity index (χ1v) is 10.4. The molecule has 0 bridgehead atoms. The number of aromatic nitrogens is 2. The van der Waals surface area contributed by atoms with Gasteiger partial charge in [0.1, 0.15) is 23.7 Å². The normalized spacial score (nSPS) is 13.9. The van der Waals surface area contributed by atoms with E-state index in [1.54, 1.807) is 18.5 Å². The van der Waals surface area contributed by atoms with Crippen molar-refractivity contribution in [3.8, 4) is 17.0 Å². The van der Waals surface area contributed by atoms with Crippen molar-refractivity contribution >= 4 is 11.7 Å². The lowest BCUT2D eigenvalue weighted by Gasteiger charge is -2.35. The van der Waals surface area contributed by atoms with Gasteiger partial charge in [0.2, 0.25) is 5.91 Å². The van der Waals surface area contributed by atoms with Gasteiger partial charge >= 0.3 is 0 Å². The van der Waals surface area contributed by atoms with E-state index in [4.69, 9.17) is 4.74 Å². The van der Waals surface area contributed by atoms with Crippen LogP contribution in [0.1, 0.15) is 12.5 Å². The van der Waals surface area contributed by atoms with Crippen LogP contribution in [-0.4, -0.2) is 53.6 Å². The summed E-state index contributed by atoms with van der Waals surface area (Å²) in [7, 11) is 0. The fourth-order valence-corrected chi connectivity index (χ4v) is 3.64. The summed E-state index contributed by atoms with van der Waals surface area (Å²) >= 11 is 0. The standard InChI is InChI=1S/C24H25FN4O2/c1-2-31-21-9-5-19(6-10-21)22-16-23(27-17-26-22)28-11-13-29(14-12-28)24(30)15-18-3-7-20(25)8-4-18/h3-10,16-17H,2,11-15H2,1H3. The van der Waals surface area contributed by atoms with Gasteiger partial charge in [0.05, 0.1) is 18.7 Å². The molecule has 3 aromatic rings. The largest absolute Gasteiger partial charge is 0.494 e. The number of amides is 1. The van der Waals surface area contributed by atoms with Crippen LogP contribution < -0.4 is 9.64 Å². The zero-order valence-corrected chi connectivity index (χ0v) is 17.5. The molecule has 0 spiro atoms. The molecule has 7 heteroatoms. The zero-order chi connectivity index (χ0) is 21.6. The molecule has 0 saturated carbocycles. The molecule has 0 N–H and O–H groups in total. The highest BCUT2D eigenvalue weighted by Crippen LogP contribution is 2.24. The number of anilines is 1. The minimum atomic E-state index is -0.292. The Balaban J connectivity index is 1.37. The van der Waals surface area contributed by atoms with Crippen molar-refractivity contribution < 1.29 is 13.9 Å². The number of carbonyl (C=O) groups is 1. The van der Waals surface area contributed by atoms with Gasteiger partial charge in [-0.25, -0.2) is 14.4 Å². The number of rotatable bonds is 6. The predicted octanol–water partition coefficient (Wildman–Crippen LogP) is 3.57. The number of ether oxygens (including phenoxy) is 1. The Bertz CT molecular complexity index is 1020. The summed E-state index contributed by atoms with van der Waals surface area (Å²) < 4.78 is 18.5. The topological polar surface area (TPSA) is 58.6 Å². The van der Waals surface area contributed by atoms with Crippen LogP contribution in [0, 0.1) is 5.82 Å². The maximum atomic E-state index is 13.1. The van der Waals surface area contributed by atoms with Gasteiger partial charge in [-0.15, -0.1) is 0 Å². The number of piperazine rings is 1. The Morgan fingerprint density at radius 1 is 1.00 bits per heavy atom. The van der Waals surface area contributed by atoms with Gasteiger partial charge in [-0.1, -0.05) is 12.1 Å². The first kappa shape index (κ1) is 20.8. The van der Waals surface area contributed by atoms with Gasteiger partial charge < -0.3 is 14.5 Å². The van der Waals surface area contributed by atoms with E-state index in [0.717, 1.165) is 28.4 Å². The molecule has 1 fully saturated rings. The van der Waals surface area contributed by atoms with Gasteiger partial charge in [-0.2, -0.15) is 0 Å². The van der Waals surface area contributed by atoms with Crippen LogP contribution in [0.15, 0.2) is 60.9 Å². The number of benzene rings is 2. The number of nitrogens with zero attached hydrogens (tertiary/aromatic N) is 4. The lowest BCUT2D eigenvalue weighted by atomic mass is 10.1. The molecule has 1 saturated heterocycles. The smallest absolute Gasteiger partial charge is 0.227 e. The van der Waals surface area contributed by atoms with Crippen molar-refractivity contribution in [3.05, 3.63) is 72.3 Å². The minimum absolute atomic E-state index is 0.0593. The molecule has 4 rings (SSSR count). The number of hydrogen-bond acceptors (Lipinski definition) is 5. The van der Waals surface area contributed by atoms with Gasteiger partial charge in [0.15, 0.2) is 0 Å². The molecule has 0 atom stereocenters. The maximum Gasteiger partial charge on any atom is 0.227 e. The number of halogens is 1. The fourth-order valence-electron chi connectivity index (χ4n) is 3.64. The Morgan fingerprint density at radius 2 is 1.71 bits per heavy atom. The number of hydrogen-bond donors (Lipinski definition) is 0. The van der Waals surface area contributed by atoms with Crippen molar-refractivity contribution in [2.75, 3.05) is 37.7 Å². The summed E-state index contributed by atoms with van der Waals surface area (Å²) in [6.07, 6.45) is 1.86. The third-order valence-corrected chi connectivity index (χ3v) is 5.34. The van der Waals surface area contributed by atoms with E-state index in [1.165, 1.54) is 12.1 Å². The SMILES string of the molecule is CCOc1ccc(-c2cc(N3CCN(C(=O)Cc4ccc(F)cc4)CC3)ncn2)cc1. The highest BCUT2D eigenvalue weighted by Gasteiger charge is 2.22. The summed E-state index contributed by atoms with van der Waals surface area (Å²) in [5, 5.41) is 0. The third kappa shape index (κ3) is 5.17. The van der Waals surface area contributed by atoms with Crippen molar-refractivity contribution in [2.45, 2.75) is 13.3 Å². The van der Waals surface area contributed by atoms with Crippen LogP contribution in [0.5, 0.6) is 5.75 Å². The van der Waals surface area contributed by atoms with Crippen molar-refractivity contribution in [3.63, 3.8) is 0 Å². The minimum Gasteiger partial charge on any atom is -0.494 e. The lowest BCUT2D eigenvalue weighted by molar-refractivity contribution is -0.130. The fraction of sp³-hybridized carbons (Fsp3) is 0.292. The highest BCUT2D eigenvalue weighted by atomic mass is 19.1. The molecule has 1 aromatic heterocycles. The first-order chi connectivity index (χ1) is 15.1. The molecule has 2 aromatic carbocycles. The summed E-state index contributed by atoms with van der Waals surface area (Å²) in [6.45, 7) is 5.25. The predicted molar refractivity (Wildman–Crippen MR) is 118 cm³/mol. The van der Waals surface area contributed by atoms with Crippen LogP contribution in [0.25, 0.3) is 11.3 Å². The zero-order valence-electron chi connectivity index (χ0n) is 17.5. The van der Waals surface area contributed by atoms with Crippen molar-refractivity contribution in [1.82, 2.24) is 14.9 Å². The van der Waals surface area contributed by atoms with Crippen LogP contribution in [0.2, 0.25) is 0 Å². The second kappa shape index (κ2) is 9.55. The van der Waals surface area contributed by atoms with E-state index in [1.807, 2.05) is 42.2 Å². The van der Waals surface area contributed by atoms with Crippen LogP contribution in [0.3, 0.4) is 0 Å². The maximum absolute atomic E-state index is 13.1.